The van der Waals surface area contributed by atoms with Gasteiger partial charge in [-0.05, 0) is 41.4 Å². The van der Waals surface area contributed by atoms with E-state index in [1.807, 2.05) is 18.5 Å². The summed E-state index contributed by atoms with van der Waals surface area (Å²) in [4.78, 5) is 4.23. The smallest absolute Gasteiger partial charge is 0.0299 e. The molecule has 106 valence electrons. The lowest BCUT2D eigenvalue weighted by atomic mass is 9.75. The van der Waals surface area contributed by atoms with Crippen molar-refractivity contribution in [3.05, 3.63) is 66.0 Å². The summed E-state index contributed by atoms with van der Waals surface area (Å²) >= 11 is 0. The summed E-state index contributed by atoms with van der Waals surface area (Å²) in [6.45, 7) is 7.03. The fourth-order valence-corrected chi connectivity index (χ4v) is 3.16. The minimum absolute atomic E-state index is 0.612. The van der Waals surface area contributed by atoms with Crippen LogP contribution in [-0.2, 0) is 6.42 Å². The Morgan fingerprint density at radius 3 is 2.30 bits per heavy atom. The highest BCUT2D eigenvalue weighted by molar-refractivity contribution is 5.22. The Bertz CT molecular complexity index is 492. The first kappa shape index (κ1) is 14.8. The van der Waals surface area contributed by atoms with Crippen molar-refractivity contribution in [3.63, 3.8) is 0 Å². The highest BCUT2D eigenvalue weighted by Gasteiger charge is 2.24. The van der Waals surface area contributed by atoms with Crippen LogP contribution in [0.3, 0.4) is 0 Å². The zero-order valence-electron chi connectivity index (χ0n) is 12.8. The van der Waals surface area contributed by atoms with Gasteiger partial charge in [0.2, 0.25) is 0 Å². The Kier molecular flexibility index (Phi) is 5.34. The first-order chi connectivity index (χ1) is 9.72. The monoisotopic (exact) mass is 267 g/mol. The number of hydrogen-bond acceptors (Lipinski definition) is 1. The molecule has 0 amide bonds. The van der Waals surface area contributed by atoms with Gasteiger partial charge < -0.3 is 0 Å². The molecule has 3 unspecified atom stereocenters. The molecule has 1 aromatic carbocycles. The van der Waals surface area contributed by atoms with Crippen molar-refractivity contribution in [1.29, 1.82) is 0 Å². The van der Waals surface area contributed by atoms with Crippen LogP contribution in [0, 0.1) is 11.8 Å². The molecule has 0 aliphatic carbocycles. The van der Waals surface area contributed by atoms with Gasteiger partial charge in [-0.1, -0.05) is 63.6 Å². The van der Waals surface area contributed by atoms with Crippen molar-refractivity contribution in [2.45, 2.75) is 39.5 Å². The van der Waals surface area contributed by atoms with Crippen LogP contribution in [0.25, 0.3) is 0 Å². The largest absolute Gasteiger partial charge is 0.264 e. The fraction of sp³-hybridized carbons (Fsp3) is 0.421. The van der Waals surface area contributed by atoms with E-state index in [1.54, 1.807) is 0 Å². The Balaban J connectivity index is 2.19. The van der Waals surface area contributed by atoms with E-state index in [0.717, 1.165) is 6.42 Å². The molecule has 0 fully saturated rings. The van der Waals surface area contributed by atoms with Crippen LogP contribution in [0.2, 0.25) is 0 Å². The maximum Gasteiger partial charge on any atom is 0.0299 e. The van der Waals surface area contributed by atoms with Crippen molar-refractivity contribution in [3.8, 4) is 0 Å². The third kappa shape index (κ3) is 3.69. The van der Waals surface area contributed by atoms with Crippen LogP contribution in [-0.4, -0.2) is 4.98 Å². The van der Waals surface area contributed by atoms with E-state index in [9.17, 15) is 0 Å². The summed E-state index contributed by atoms with van der Waals surface area (Å²) < 4.78 is 0. The van der Waals surface area contributed by atoms with Crippen LogP contribution in [0.1, 0.15) is 44.2 Å². The van der Waals surface area contributed by atoms with Gasteiger partial charge in [0, 0.05) is 12.4 Å². The third-order valence-corrected chi connectivity index (χ3v) is 4.33. The van der Waals surface area contributed by atoms with E-state index in [4.69, 9.17) is 0 Å². The van der Waals surface area contributed by atoms with Gasteiger partial charge in [0.05, 0.1) is 0 Å². The molecule has 0 saturated carbocycles. The molecule has 0 N–H and O–H groups in total. The first-order valence-electron chi connectivity index (χ1n) is 7.66. The molecule has 1 heterocycles. The molecule has 1 heteroatoms. The van der Waals surface area contributed by atoms with Crippen LogP contribution in [0.4, 0.5) is 0 Å². The lowest BCUT2D eigenvalue weighted by Crippen LogP contribution is -2.19. The van der Waals surface area contributed by atoms with Crippen LogP contribution in [0.15, 0.2) is 54.9 Å². The molecule has 3 atom stereocenters. The lowest BCUT2D eigenvalue weighted by molar-refractivity contribution is 0.335. The average Bonchev–Trinajstić information content (AvgIpc) is 2.49. The van der Waals surface area contributed by atoms with E-state index in [-0.39, 0.29) is 0 Å². The van der Waals surface area contributed by atoms with Crippen molar-refractivity contribution in [1.82, 2.24) is 4.98 Å². The number of hydrogen-bond donors (Lipinski definition) is 0. The average molecular weight is 267 g/mol. The van der Waals surface area contributed by atoms with Crippen LogP contribution >= 0.6 is 0 Å². The predicted octanol–water partition coefficient (Wildman–Crippen LogP) is 5.09. The topological polar surface area (TPSA) is 12.9 Å². The summed E-state index contributed by atoms with van der Waals surface area (Å²) in [5.74, 6) is 1.93. The quantitative estimate of drug-likeness (QED) is 0.710. The molecular formula is C19H25N. The minimum Gasteiger partial charge on any atom is -0.264 e. The van der Waals surface area contributed by atoms with E-state index in [1.165, 1.54) is 17.5 Å². The highest BCUT2D eigenvalue weighted by atomic mass is 14.6. The molecule has 0 spiro atoms. The predicted molar refractivity (Wildman–Crippen MR) is 85.7 cm³/mol. The zero-order valence-corrected chi connectivity index (χ0v) is 12.8. The minimum atomic E-state index is 0.612. The van der Waals surface area contributed by atoms with E-state index in [2.05, 4.69) is 62.2 Å². The van der Waals surface area contributed by atoms with Gasteiger partial charge >= 0.3 is 0 Å². The number of benzene rings is 1. The normalized spacial score (nSPS) is 15.6. The van der Waals surface area contributed by atoms with Gasteiger partial charge in [-0.25, -0.2) is 0 Å². The molecule has 0 aliphatic heterocycles. The SMILES string of the molecule is CCC(C)C(c1ccccc1)C(C)Cc1cccnc1. The number of aromatic nitrogens is 1. The lowest BCUT2D eigenvalue weighted by Gasteiger charge is -2.30. The maximum atomic E-state index is 4.23. The van der Waals surface area contributed by atoms with Gasteiger partial charge in [0.25, 0.3) is 0 Å². The Labute approximate surface area is 123 Å². The fourth-order valence-electron chi connectivity index (χ4n) is 3.16. The van der Waals surface area contributed by atoms with Gasteiger partial charge in [-0.15, -0.1) is 0 Å². The third-order valence-electron chi connectivity index (χ3n) is 4.33. The number of nitrogens with zero attached hydrogens (tertiary/aromatic N) is 1. The molecule has 20 heavy (non-hydrogen) atoms. The maximum absolute atomic E-state index is 4.23. The Morgan fingerprint density at radius 1 is 0.950 bits per heavy atom. The van der Waals surface area contributed by atoms with Crippen molar-refractivity contribution < 1.29 is 0 Å². The van der Waals surface area contributed by atoms with E-state index >= 15 is 0 Å². The van der Waals surface area contributed by atoms with Gasteiger partial charge in [-0.2, -0.15) is 0 Å². The molecule has 1 nitrogen and oxygen atoms in total. The molecule has 1 aromatic heterocycles. The summed E-state index contributed by atoms with van der Waals surface area (Å²) in [5.41, 5.74) is 2.81. The molecule has 2 aromatic rings. The molecule has 0 saturated heterocycles. The van der Waals surface area contributed by atoms with Gasteiger partial charge in [0.1, 0.15) is 0 Å². The second kappa shape index (κ2) is 7.23. The first-order valence-corrected chi connectivity index (χ1v) is 7.66. The van der Waals surface area contributed by atoms with Gasteiger partial charge in [-0.3, -0.25) is 4.98 Å². The molecule has 0 bridgehead atoms. The zero-order chi connectivity index (χ0) is 14.4. The second-order valence-electron chi connectivity index (χ2n) is 5.86. The standard InChI is InChI=1S/C19H25N/c1-4-15(2)19(18-10-6-5-7-11-18)16(3)13-17-9-8-12-20-14-17/h5-12,14-16,19H,4,13H2,1-3H3. The van der Waals surface area contributed by atoms with E-state index < -0.39 is 0 Å². The highest BCUT2D eigenvalue weighted by Crippen LogP contribution is 2.35. The number of pyridine rings is 1. The molecule has 0 aliphatic rings. The summed E-state index contributed by atoms with van der Waals surface area (Å²) in [7, 11) is 0. The van der Waals surface area contributed by atoms with Gasteiger partial charge in [0.15, 0.2) is 0 Å². The van der Waals surface area contributed by atoms with Crippen LogP contribution < -0.4 is 0 Å². The van der Waals surface area contributed by atoms with E-state index in [0.29, 0.717) is 17.8 Å². The second-order valence-corrected chi connectivity index (χ2v) is 5.86. The van der Waals surface area contributed by atoms with Crippen molar-refractivity contribution >= 4 is 0 Å². The number of rotatable bonds is 6. The van der Waals surface area contributed by atoms with Crippen molar-refractivity contribution in [2.75, 3.05) is 0 Å². The summed E-state index contributed by atoms with van der Waals surface area (Å²) in [6.07, 6.45) is 6.15. The van der Waals surface area contributed by atoms with Crippen molar-refractivity contribution in [2.24, 2.45) is 11.8 Å². The molecular weight excluding hydrogens is 242 g/mol. The molecule has 0 radical (unpaired) electrons. The van der Waals surface area contributed by atoms with Crippen LogP contribution in [0.5, 0.6) is 0 Å². The summed E-state index contributed by atoms with van der Waals surface area (Å²) in [5, 5.41) is 0. The Morgan fingerprint density at radius 2 is 1.70 bits per heavy atom. The Hall–Kier alpha value is -1.63. The molecule has 2 rings (SSSR count). The summed E-state index contributed by atoms with van der Waals surface area (Å²) in [6, 6.07) is 15.2.